The van der Waals surface area contributed by atoms with Crippen LogP contribution in [0.4, 0.5) is 0 Å². The molecule has 1 amide bonds. The van der Waals surface area contributed by atoms with E-state index in [0.717, 1.165) is 25.1 Å². The lowest BCUT2D eigenvalue weighted by molar-refractivity contribution is -0.129. The molecule has 1 heterocycles. The molecule has 2 aromatic rings. The number of nitrogens with zero attached hydrogens (tertiary/aromatic N) is 1. The van der Waals surface area contributed by atoms with Crippen LogP contribution in [0.5, 0.6) is 5.75 Å². The maximum atomic E-state index is 12.3. The molecular weight excluding hydrogens is 262 g/mol. The smallest absolute Gasteiger partial charge is 0.227 e. The van der Waals surface area contributed by atoms with Gasteiger partial charge in [-0.05, 0) is 29.7 Å². The summed E-state index contributed by atoms with van der Waals surface area (Å²) in [6.07, 6.45) is 1.47. The van der Waals surface area contributed by atoms with Gasteiger partial charge in [-0.3, -0.25) is 4.79 Å². The van der Waals surface area contributed by atoms with Crippen LogP contribution in [0.3, 0.4) is 0 Å². The van der Waals surface area contributed by atoms with Crippen LogP contribution >= 0.6 is 0 Å². The number of carbonyl (C=O) groups excluding carboxylic acids is 1. The zero-order valence-electron chi connectivity index (χ0n) is 11.9. The molecule has 0 unspecified atom stereocenters. The standard InChI is InChI=1S/C18H19NO2/c20-17-8-6-15(7-9-17)16-10-11-19(13-16)18(21)12-14-4-2-1-3-5-14/h1-9,16,20H,10-13H2/t16-/m0/s1. The van der Waals surface area contributed by atoms with Gasteiger partial charge in [0.05, 0.1) is 6.42 Å². The SMILES string of the molecule is O=C(Cc1ccccc1)N1CC[C@H](c2ccc(O)cc2)C1. The summed E-state index contributed by atoms with van der Waals surface area (Å²) in [4.78, 5) is 14.3. The van der Waals surface area contributed by atoms with Crippen molar-refractivity contribution in [1.29, 1.82) is 0 Å². The van der Waals surface area contributed by atoms with E-state index in [4.69, 9.17) is 0 Å². The predicted molar refractivity (Wildman–Crippen MR) is 82.2 cm³/mol. The molecule has 1 aliphatic rings. The molecule has 0 bridgehead atoms. The van der Waals surface area contributed by atoms with Crippen molar-refractivity contribution in [3.63, 3.8) is 0 Å². The van der Waals surface area contributed by atoms with Crippen molar-refractivity contribution >= 4 is 5.91 Å². The van der Waals surface area contributed by atoms with Gasteiger partial charge in [-0.2, -0.15) is 0 Å². The second-order valence-electron chi connectivity index (χ2n) is 5.58. The number of phenols is 1. The Bertz CT molecular complexity index is 607. The molecule has 1 fully saturated rings. The molecule has 21 heavy (non-hydrogen) atoms. The van der Waals surface area contributed by atoms with Gasteiger partial charge in [0.1, 0.15) is 5.75 Å². The Balaban J connectivity index is 1.61. The van der Waals surface area contributed by atoms with Crippen molar-refractivity contribution in [3.8, 4) is 5.75 Å². The Kier molecular flexibility index (Phi) is 3.91. The molecule has 2 aromatic carbocycles. The van der Waals surface area contributed by atoms with Gasteiger partial charge in [-0.15, -0.1) is 0 Å². The molecule has 3 nitrogen and oxygen atoms in total. The summed E-state index contributed by atoms with van der Waals surface area (Å²) in [7, 11) is 0. The van der Waals surface area contributed by atoms with E-state index in [1.807, 2.05) is 47.4 Å². The molecule has 0 aliphatic carbocycles. The van der Waals surface area contributed by atoms with Gasteiger partial charge in [0.2, 0.25) is 5.91 Å². The van der Waals surface area contributed by atoms with Crippen molar-refractivity contribution in [2.24, 2.45) is 0 Å². The van der Waals surface area contributed by atoms with Gasteiger partial charge in [-0.1, -0.05) is 42.5 Å². The number of phenolic OH excluding ortho intramolecular Hbond substituents is 1. The van der Waals surface area contributed by atoms with E-state index in [1.54, 1.807) is 12.1 Å². The third-order valence-electron chi connectivity index (χ3n) is 4.10. The molecule has 1 atom stereocenters. The first-order valence-corrected chi connectivity index (χ1v) is 7.33. The number of amides is 1. The first kappa shape index (κ1) is 13.7. The van der Waals surface area contributed by atoms with E-state index in [9.17, 15) is 9.90 Å². The maximum Gasteiger partial charge on any atom is 0.227 e. The van der Waals surface area contributed by atoms with E-state index in [2.05, 4.69) is 0 Å². The minimum absolute atomic E-state index is 0.197. The number of benzene rings is 2. The van der Waals surface area contributed by atoms with Crippen LogP contribution in [0.1, 0.15) is 23.5 Å². The minimum atomic E-state index is 0.197. The van der Waals surface area contributed by atoms with Crippen molar-refractivity contribution < 1.29 is 9.90 Å². The van der Waals surface area contributed by atoms with Crippen LogP contribution in [-0.2, 0) is 11.2 Å². The van der Waals surface area contributed by atoms with Crippen LogP contribution in [0, 0.1) is 0 Å². The predicted octanol–water partition coefficient (Wildman–Crippen LogP) is 2.95. The fraction of sp³-hybridized carbons (Fsp3) is 0.278. The lowest BCUT2D eigenvalue weighted by atomic mass is 9.98. The first-order chi connectivity index (χ1) is 10.2. The molecule has 1 saturated heterocycles. The lowest BCUT2D eigenvalue weighted by Crippen LogP contribution is -2.29. The molecule has 0 spiro atoms. The number of likely N-dealkylation sites (tertiary alicyclic amines) is 1. The molecule has 0 saturated carbocycles. The van der Waals surface area contributed by atoms with E-state index in [1.165, 1.54) is 5.56 Å². The highest BCUT2D eigenvalue weighted by Gasteiger charge is 2.27. The molecule has 0 radical (unpaired) electrons. The largest absolute Gasteiger partial charge is 0.508 e. The van der Waals surface area contributed by atoms with Gasteiger partial charge >= 0.3 is 0 Å². The lowest BCUT2D eigenvalue weighted by Gasteiger charge is -2.17. The minimum Gasteiger partial charge on any atom is -0.508 e. The molecule has 3 rings (SSSR count). The molecular formula is C18H19NO2. The third kappa shape index (κ3) is 3.24. The monoisotopic (exact) mass is 281 g/mol. The topological polar surface area (TPSA) is 40.5 Å². The third-order valence-corrected chi connectivity index (χ3v) is 4.10. The number of aromatic hydroxyl groups is 1. The number of rotatable bonds is 3. The summed E-state index contributed by atoms with van der Waals surface area (Å²) < 4.78 is 0. The number of carbonyl (C=O) groups is 1. The fourth-order valence-corrected chi connectivity index (χ4v) is 2.89. The second kappa shape index (κ2) is 6.00. The summed E-state index contributed by atoms with van der Waals surface area (Å²) in [5, 5.41) is 9.34. The van der Waals surface area contributed by atoms with Crippen molar-refractivity contribution in [2.45, 2.75) is 18.8 Å². The number of hydrogen-bond acceptors (Lipinski definition) is 2. The zero-order valence-corrected chi connectivity index (χ0v) is 11.9. The quantitative estimate of drug-likeness (QED) is 0.939. The van der Waals surface area contributed by atoms with Crippen LogP contribution in [0.15, 0.2) is 54.6 Å². The molecule has 3 heteroatoms. The van der Waals surface area contributed by atoms with E-state index in [-0.39, 0.29) is 11.7 Å². The van der Waals surface area contributed by atoms with E-state index < -0.39 is 0 Å². The van der Waals surface area contributed by atoms with Gasteiger partial charge in [0, 0.05) is 19.0 Å². The molecule has 0 aromatic heterocycles. The number of hydrogen-bond donors (Lipinski definition) is 1. The van der Waals surface area contributed by atoms with Crippen LogP contribution in [0.25, 0.3) is 0 Å². The van der Waals surface area contributed by atoms with Crippen LogP contribution in [-0.4, -0.2) is 29.0 Å². The summed E-state index contributed by atoms with van der Waals surface area (Å²) in [6, 6.07) is 17.2. The second-order valence-corrected chi connectivity index (χ2v) is 5.58. The maximum absolute atomic E-state index is 12.3. The molecule has 108 valence electrons. The normalized spacial score (nSPS) is 17.9. The summed E-state index contributed by atoms with van der Waals surface area (Å²) in [5.41, 5.74) is 2.26. The fourth-order valence-electron chi connectivity index (χ4n) is 2.89. The van der Waals surface area contributed by atoms with Crippen molar-refractivity contribution in [2.75, 3.05) is 13.1 Å². The average Bonchev–Trinajstić information content (AvgIpc) is 2.99. The highest BCUT2D eigenvalue weighted by atomic mass is 16.3. The highest BCUT2D eigenvalue weighted by Crippen LogP contribution is 2.28. The van der Waals surface area contributed by atoms with Gasteiger partial charge in [0.15, 0.2) is 0 Å². The Morgan fingerprint density at radius 3 is 2.52 bits per heavy atom. The Labute approximate surface area is 124 Å². The molecule has 1 aliphatic heterocycles. The van der Waals surface area contributed by atoms with Crippen molar-refractivity contribution in [1.82, 2.24) is 4.90 Å². The Morgan fingerprint density at radius 1 is 1.10 bits per heavy atom. The van der Waals surface area contributed by atoms with Crippen LogP contribution in [0.2, 0.25) is 0 Å². The summed E-state index contributed by atoms with van der Waals surface area (Å²) in [5.74, 6) is 0.863. The Morgan fingerprint density at radius 2 is 1.81 bits per heavy atom. The van der Waals surface area contributed by atoms with Gasteiger partial charge < -0.3 is 10.0 Å². The zero-order chi connectivity index (χ0) is 14.7. The van der Waals surface area contributed by atoms with Crippen molar-refractivity contribution in [3.05, 3.63) is 65.7 Å². The average molecular weight is 281 g/mol. The Hall–Kier alpha value is -2.29. The van der Waals surface area contributed by atoms with Crippen LogP contribution < -0.4 is 0 Å². The highest BCUT2D eigenvalue weighted by molar-refractivity contribution is 5.79. The van der Waals surface area contributed by atoms with E-state index in [0.29, 0.717) is 12.3 Å². The van der Waals surface area contributed by atoms with Gasteiger partial charge in [-0.25, -0.2) is 0 Å². The van der Waals surface area contributed by atoms with Gasteiger partial charge in [0.25, 0.3) is 0 Å². The summed E-state index contributed by atoms with van der Waals surface area (Å²) in [6.45, 7) is 1.59. The van der Waals surface area contributed by atoms with E-state index >= 15 is 0 Å². The summed E-state index contributed by atoms with van der Waals surface area (Å²) >= 11 is 0. The molecule has 1 N–H and O–H groups in total. The first-order valence-electron chi connectivity index (χ1n) is 7.33.